The minimum atomic E-state index is -0.370. The number of piperazine rings is 1. The fraction of sp³-hybridized carbons (Fsp3) is 0.409. The normalized spacial score (nSPS) is 21.7. The highest BCUT2D eigenvalue weighted by Crippen LogP contribution is 2.38. The average molecular weight is 382 g/mol. The molecule has 6 heteroatoms. The molecule has 1 fully saturated rings. The van der Waals surface area contributed by atoms with Crippen LogP contribution >= 0.6 is 0 Å². The highest BCUT2D eigenvalue weighted by molar-refractivity contribution is 5.93. The van der Waals surface area contributed by atoms with Crippen LogP contribution in [0.2, 0.25) is 0 Å². The van der Waals surface area contributed by atoms with Gasteiger partial charge in [0, 0.05) is 49.4 Å². The van der Waals surface area contributed by atoms with Gasteiger partial charge >= 0.3 is 5.97 Å². The van der Waals surface area contributed by atoms with E-state index in [9.17, 15) is 4.79 Å². The number of methoxy groups -OCH3 is 2. The van der Waals surface area contributed by atoms with Gasteiger partial charge in [0.25, 0.3) is 0 Å². The van der Waals surface area contributed by atoms with Gasteiger partial charge < -0.3 is 24.4 Å². The Bertz CT molecular complexity index is 883. The lowest BCUT2D eigenvalue weighted by Crippen LogP contribution is -2.49. The molecule has 6 nitrogen and oxygen atoms in total. The SMILES string of the molecule is COc1ccc(C2Cc3ccc(N4CCN[C@@H](C)C4)cc3C(=O)O2)c(OC)c1. The van der Waals surface area contributed by atoms with Gasteiger partial charge in [-0.2, -0.15) is 0 Å². The maximum Gasteiger partial charge on any atom is 0.339 e. The van der Waals surface area contributed by atoms with Crippen LogP contribution in [0.15, 0.2) is 36.4 Å². The highest BCUT2D eigenvalue weighted by Gasteiger charge is 2.30. The predicted octanol–water partition coefficient (Wildman–Crippen LogP) is 2.96. The zero-order chi connectivity index (χ0) is 19.7. The van der Waals surface area contributed by atoms with Crippen molar-refractivity contribution < 1.29 is 19.0 Å². The van der Waals surface area contributed by atoms with E-state index in [-0.39, 0.29) is 12.1 Å². The fourth-order valence-corrected chi connectivity index (χ4v) is 3.99. The van der Waals surface area contributed by atoms with Crippen molar-refractivity contribution in [3.63, 3.8) is 0 Å². The predicted molar refractivity (Wildman–Crippen MR) is 108 cm³/mol. The minimum Gasteiger partial charge on any atom is -0.497 e. The van der Waals surface area contributed by atoms with E-state index in [0.717, 1.165) is 36.4 Å². The fourth-order valence-electron chi connectivity index (χ4n) is 3.99. The molecule has 2 heterocycles. The molecule has 1 N–H and O–H groups in total. The molecule has 0 aromatic heterocycles. The smallest absolute Gasteiger partial charge is 0.339 e. The second-order valence-corrected chi connectivity index (χ2v) is 7.35. The van der Waals surface area contributed by atoms with Gasteiger partial charge in [-0.05, 0) is 36.8 Å². The van der Waals surface area contributed by atoms with E-state index in [1.807, 2.05) is 24.3 Å². The van der Waals surface area contributed by atoms with Crippen molar-refractivity contribution in [2.24, 2.45) is 0 Å². The standard InChI is InChI=1S/C22H26N2O4/c1-14-13-24(9-8-23-14)16-5-4-15-10-21(28-22(25)19(15)11-16)18-7-6-17(26-2)12-20(18)27-3/h4-7,11-12,14,21,23H,8-10,13H2,1-3H3/t14-,21?/m0/s1. The lowest BCUT2D eigenvalue weighted by Gasteiger charge is -2.34. The summed E-state index contributed by atoms with van der Waals surface area (Å²) in [6.07, 6.45) is 0.257. The first-order valence-corrected chi connectivity index (χ1v) is 9.63. The van der Waals surface area contributed by atoms with Gasteiger partial charge in [-0.3, -0.25) is 0 Å². The molecule has 2 atom stereocenters. The van der Waals surface area contributed by atoms with Gasteiger partial charge in [-0.25, -0.2) is 4.79 Å². The molecule has 4 rings (SSSR count). The van der Waals surface area contributed by atoms with Crippen molar-refractivity contribution in [1.29, 1.82) is 0 Å². The molecule has 2 aromatic carbocycles. The van der Waals surface area contributed by atoms with Crippen LogP contribution in [0.4, 0.5) is 5.69 Å². The summed E-state index contributed by atoms with van der Waals surface area (Å²) in [5.74, 6) is 1.08. The van der Waals surface area contributed by atoms with E-state index >= 15 is 0 Å². The Morgan fingerprint density at radius 1 is 1.14 bits per heavy atom. The van der Waals surface area contributed by atoms with Crippen molar-refractivity contribution in [1.82, 2.24) is 5.32 Å². The summed E-state index contributed by atoms with van der Waals surface area (Å²) in [5.41, 5.74) is 3.59. The molecular formula is C22H26N2O4. The molecule has 0 amide bonds. The van der Waals surface area contributed by atoms with Crippen molar-refractivity contribution in [3.8, 4) is 11.5 Å². The Balaban J connectivity index is 1.60. The Kier molecular flexibility index (Phi) is 5.13. The third kappa shape index (κ3) is 3.52. The Morgan fingerprint density at radius 3 is 2.75 bits per heavy atom. The monoisotopic (exact) mass is 382 g/mol. The number of nitrogens with zero attached hydrogens (tertiary/aromatic N) is 1. The number of hydrogen-bond donors (Lipinski definition) is 1. The maximum atomic E-state index is 12.8. The van der Waals surface area contributed by atoms with Gasteiger partial charge in [0.2, 0.25) is 0 Å². The topological polar surface area (TPSA) is 60.0 Å². The van der Waals surface area contributed by atoms with E-state index in [4.69, 9.17) is 14.2 Å². The zero-order valence-electron chi connectivity index (χ0n) is 16.5. The van der Waals surface area contributed by atoms with E-state index in [2.05, 4.69) is 29.3 Å². The molecule has 2 aromatic rings. The summed E-state index contributed by atoms with van der Waals surface area (Å²) in [6, 6.07) is 12.1. The quantitative estimate of drug-likeness (QED) is 0.821. The number of rotatable bonds is 4. The van der Waals surface area contributed by atoms with Crippen LogP contribution in [-0.2, 0) is 11.2 Å². The van der Waals surface area contributed by atoms with Gasteiger partial charge in [0.15, 0.2) is 0 Å². The number of carbonyl (C=O) groups is 1. The number of nitrogens with one attached hydrogen (secondary N) is 1. The van der Waals surface area contributed by atoms with E-state index in [0.29, 0.717) is 29.5 Å². The largest absolute Gasteiger partial charge is 0.497 e. The minimum absolute atomic E-state index is 0.283. The van der Waals surface area contributed by atoms with Crippen LogP contribution in [0.5, 0.6) is 11.5 Å². The molecule has 0 spiro atoms. The van der Waals surface area contributed by atoms with Gasteiger partial charge in [0.1, 0.15) is 17.6 Å². The van der Waals surface area contributed by atoms with Crippen LogP contribution < -0.4 is 19.7 Å². The summed E-state index contributed by atoms with van der Waals surface area (Å²) in [7, 11) is 3.22. The van der Waals surface area contributed by atoms with Gasteiger partial charge in [-0.15, -0.1) is 0 Å². The second kappa shape index (κ2) is 7.72. The summed E-state index contributed by atoms with van der Waals surface area (Å²) >= 11 is 0. The summed E-state index contributed by atoms with van der Waals surface area (Å²) in [4.78, 5) is 15.1. The summed E-state index contributed by atoms with van der Waals surface area (Å²) in [5, 5.41) is 3.44. The maximum absolute atomic E-state index is 12.8. The number of anilines is 1. The number of ether oxygens (including phenoxy) is 3. The molecule has 1 unspecified atom stereocenters. The van der Waals surface area contributed by atoms with Crippen LogP contribution in [0, 0.1) is 0 Å². The third-order valence-electron chi connectivity index (χ3n) is 5.49. The Hall–Kier alpha value is -2.73. The molecule has 0 saturated carbocycles. The number of hydrogen-bond acceptors (Lipinski definition) is 6. The molecule has 0 bridgehead atoms. The number of benzene rings is 2. The van der Waals surface area contributed by atoms with Crippen LogP contribution in [-0.4, -0.2) is 45.9 Å². The van der Waals surface area contributed by atoms with E-state index in [1.54, 1.807) is 14.2 Å². The van der Waals surface area contributed by atoms with Crippen molar-refractivity contribution in [2.45, 2.75) is 25.5 Å². The number of fused-ring (bicyclic) bond motifs is 1. The second-order valence-electron chi connectivity index (χ2n) is 7.35. The zero-order valence-corrected chi connectivity index (χ0v) is 16.5. The van der Waals surface area contributed by atoms with Gasteiger partial charge in [-0.1, -0.05) is 6.07 Å². The molecule has 28 heavy (non-hydrogen) atoms. The molecular weight excluding hydrogens is 356 g/mol. The Labute approximate surface area is 165 Å². The summed E-state index contributed by atoms with van der Waals surface area (Å²) < 4.78 is 16.5. The van der Waals surface area contributed by atoms with E-state index in [1.165, 1.54) is 0 Å². The molecule has 0 radical (unpaired) electrons. The lowest BCUT2D eigenvalue weighted by atomic mass is 9.93. The lowest BCUT2D eigenvalue weighted by molar-refractivity contribution is 0.0248. The average Bonchev–Trinajstić information content (AvgIpc) is 2.73. The molecule has 2 aliphatic rings. The molecule has 2 aliphatic heterocycles. The van der Waals surface area contributed by atoms with Crippen LogP contribution in [0.3, 0.4) is 0 Å². The summed E-state index contributed by atoms with van der Waals surface area (Å²) in [6.45, 7) is 4.98. The van der Waals surface area contributed by atoms with E-state index < -0.39 is 0 Å². The Morgan fingerprint density at radius 2 is 2.00 bits per heavy atom. The molecule has 148 valence electrons. The van der Waals surface area contributed by atoms with Crippen molar-refractivity contribution in [3.05, 3.63) is 53.1 Å². The first-order valence-electron chi connectivity index (χ1n) is 9.63. The van der Waals surface area contributed by atoms with Gasteiger partial charge in [0.05, 0.1) is 19.8 Å². The third-order valence-corrected chi connectivity index (χ3v) is 5.49. The highest BCUT2D eigenvalue weighted by atomic mass is 16.5. The number of esters is 1. The number of cyclic esters (lactones) is 1. The van der Waals surface area contributed by atoms with Crippen molar-refractivity contribution >= 4 is 11.7 Å². The first-order chi connectivity index (χ1) is 13.6. The van der Waals surface area contributed by atoms with Crippen LogP contribution in [0.1, 0.15) is 34.5 Å². The number of carbonyl (C=O) groups excluding carboxylic acids is 1. The molecule has 0 aliphatic carbocycles. The first kappa shape index (κ1) is 18.6. The van der Waals surface area contributed by atoms with Crippen molar-refractivity contribution in [2.75, 3.05) is 38.8 Å². The van der Waals surface area contributed by atoms with Crippen LogP contribution in [0.25, 0.3) is 0 Å². The molecule has 1 saturated heterocycles.